The van der Waals surface area contributed by atoms with E-state index in [0.717, 1.165) is 4.47 Å². The van der Waals surface area contributed by atoms with E-state index in [4.69, 9.17) is 10.6 Å². The maximum atomic E-state index is 12.5. The van der Waals surface area contributed by atoms with E-state index < -0.39 is 10.0 Å². The van der Waals surface area contributed by atoms with Gasteiger partial charge in [0.05, 0.1) is 12.0 Å². The largest absolute Gasteiger partial charge is 0.398 e. The van der Waals surface area contributed by atoms with Crippen LogP contribution in [0.25, 0.3) is 0 Å². The number of sulfonamides is 1. The molecule has 0 saturated carbocycles. The Hall–Kier alpha value is -1.11. The van der Waals surface area contributed by atoms with Crippen LogP contribution in [0.15, 0.2) is 17.0 Å². The fraction of sp³-hybridized carbons (Fsp3) is 0.500. The second kappa shape index (κ2) is 5.69. The monoisotopic (exact) mass is 272 g/mol. The van der Waals surface area contributed by atoms with Crippen LogP contribution in [0.3, 0.4) is 0 Å². The van der Waals surface area contributed by atoms with Crippen molar-refractivity contribution >= 4 is 15.7 Å². The zero-order valence-corrected chi connectivity index (χ0v) is 12.0. The lowest BCUT2D eigenvalue weighted by atomic mass is 10.1. The van der Waals surface area contributed by atoms with Crippen LogP contribution in [0.4, 0.5) is 5.69 Å². The van der Waals surface area contributed by atoms with E-state index in [1.165, 1.54) is 7.11 Å². The molecule has 6 heteroatoms. The Bertz CT molecular complexity index is 526. The van der Waals surface area contributed by atoms with Crippen LogP contribution >= 0.6 is 0 Å². The van der Waals surface area contributed by atoms with Crippen LogP contribution in [0.5, 0.6) is 0 Å². The van der Waals surface area contributed by atoms with Crippen molar-refractivity contribution in [1.29, 1.82) is 0 Å². The number of rotatable bonds is 5. The standard InChI is InChI=1S/C12H20N2O3S/c1-5-8-14(17-4)18(15,16)12-9(2)6-7-11(13)10(12)3/h6-7H,5,8,13H2,1-4H3. The molecule has 1 aromatic rings. The number of hydroxylamine groups is 1. The van der Waals surface area contributed by atoms with Crippen molar-refractivity contribution in [3.05, 3.63) is 23.3 Å². The van der Waals surface area contributed by atoms with Crippen LogP contribution in [0, 0.1) is 13.8 Å². The molecule has 0 unspecified atom stereocenters. The summed E-state index contributed by atoms with van der Waals surface area (Å²) in [6, 6.07) is 3.41. The molecule has 0 aliphatic heterocycles. The summed E-state index contributed by atoms with van der Waals surface area (Å²) >= 11 is 0. The van der Waals surface area contributed by atoms with E-state index in [9.17, 15) is 8.42 Å². The molecule has 0 atom stereocenters. The van der Waals surface area contributed by atoms with E-state index in [2.05, 4.69) is 0 Å². The molecule has 0 heterocycles. The van der Waals surface area contributed by atoms with Crippen molar-refractivity contribution in [3.63, 3.8) is 0 Å². The number of nitrogen functional groups attached to an aromatic ring is 1. The molecule has 0 bridgehead atoms. The van der Waals surface area contributed by atoms with E-state index in [1.54, 1.807) is 26.0 Å². The van der Waals surface area contributed by atoms with Gasteiger partial charge in [0.25, 0.3) is 10.0 Å². The van der Waals surface area contributed by atoms with Gasteiger partial charge in [0.2, 0.25) is 0 Å². The average molecular weight is 272 g/mol. The summed E-state index contributed by atoms with van der Waals surface area (Å²) in [6.45, 7) is 5.65. The highest BCUT2D eigenvalue weighted by Gasteiger charge is 2.28. The van der Waals surface area contributed by atoms with E-state index >= 15 is 0 Å². The molecule has 1 aromatic carbocycles. The van der Waals surface area contributed by atoms with Crippen LogP contribution in [0.2, 0.25) is 0 Å². The molecule has 0 fully saturated rings. The molecule has 0 aliphatic carbocycles. The van der Waals surface area contributed by atoms with Crippen molar-refractivity contribution < 1.29 is 13.3 Å². The van der Waals surface area contributed by atoms with Gasteiger partial charge in [-0.15, -0.1) is 0 Å². The highest BCUT2D eigenvalue weighted by Crippen LogP contribution is 2.27. The summed E-state index contributed by atoms with van der Waals surface area (Å²) in [7, 11) is -2.31. The Labute approximate surface area is 109 Å². The maximum absolute atomic E-state index is 12.5. The Morgan fingerprint density at radius 1 is 1.33 bits per heavy atom. The third-order valence-electron chi connectivity index (χ3n) is 2.78. The van der Waals surface area contributed by atoms with E-state index in [1.807, 2.05) is 6.92 Å². The average Bonchev–Trinajstić information content (AvgIpc) is 2.30. The van der Waals surface area contributed by atoms with Gasteiger partial charge in [-0.1, -0.05) is 17.5 Å². The minimum Gasteiger partial charge on any atom is -0.398 e. The third kappa shape index (κ3) is 2.66. The molecule has 5 nitrogen and oxygen atoms in total. The predicted octanol–water partition coefficient (Wildman–Crippen LogP) is 1.85. The highest BCUT2D eigenvalue weighted by molar-refractivity contribution is 7.89. The Kier molecular flexibility index (Phi) is 4.72. The van der Waals surface area contributed by atoms with Crippen LogP contribution < -0.4 is 5.73 Å². The molecule has 1 rings (SSSR count). The van der Waals surface area contributed by atoms with Crippen LogP contribution in [-0.4, -0.2) is 26.5 Å². The number of hydrogen-bond acceptors (Lipinski definition) is 4. The fourth-order valence-corrected chi connectivity index (χ4v) is 3.64. The Morgan fingerprint density at radius 2 is 1.94 bits per heavy atom. The molecule has 0 radical (unpaired) electrons. The molecule has 0 aliphatic rings. The van der Waals surface area contributed by atoms with E-state index in [0.29, 0.717) is 29.8 Å². The number of nitrogens with two attached hydrogens (primary N) is 1. The van der Waals surface area contributed by atoms with Crippen molar-refractivity contribution in [1.82, 2.24) is 4.47 Å². The second-order valence-electron chi connectivity index (χ2n) is 4.14. The number of nitrogens with zero attached hydrogens (tertiary/aromatic N) is 1. The SMILES string of the molecule is CCCN(OC)S(=O)(=O)c1c(C)ccc(N)c1C. The first-order valence-corrected chi connectivity index (χ1v) is 7.22. The normalized spacial score (nSPS) is 12.1. The minimum atomic E-state index is -3.67. The number of benzene rings is 1. The van der Waals surface area contributed by atoms with Gasteiger partial charge >= 0.3 is 0 Å². The number of aryl methyl sites for hydroxylation is 1. The first-order chi connectivity index (χ1) is 8.36. The lowest BCUT2D eigenvalue weighted by molar-refractivity contribution is -0.0483. The van der Waals surface area contributed by atoms with Crippen molar-refractivity contribution in [2.24, 2.45) is 0 Å². The Morgan fingerprint density at radius 3 is 2.44 bits per heavy atom. The molecule has 0 aromatic heterocycles. The number of hydrogen-bond donors (Lipinski definition) is 1. The summed E-state index contributed by atoms with van der Waals surface area (Å²) in [5.41, 5.74) is 7.47. The van der Waals surface area contributed by atoms with E-state index in [-0.39, 0.29) is 4.90 Å². The molecule has 0 saturated heterocycles. The maximum Gasteiger partial charge on any atom is 0.265 e. The molecule has 0 amide bonds. The van der Waals surface area contributed by atoms with Gasteiger partial charge in [0.1, 0.15) is 0 Å². The van der Waals surface area contributed by atoms with Crippen LogP contribution in [-0.2, 0) is 14.9 Å². The van der Waals surface area contributed by atoms with Gasteiger partial charge in [0, 0.05) is 12.2 Å². The van der Waals surface area contributed by atoms with Gasteiger partial charge in [-0.2, -0.15) is 0 Å². The molecule has 0 spiro atoms. The van der Waals surface area contributed by atoms with Gasteiger partial charge in [-0.25, -0.2) is 8.42 Å². The molecule has 2 N–H and O–H groups in total. The third-order valence-corrected chi connectivity index (χ3v) is 4.79. The van der Waals surface area contributed by atoms with Crippen molar-refractivity contribution in [2.45, 2.75) is 32.1 Å². The van der Waals surface area contributed by atoms with Gasteiger partial charge < -0.3 is 5.73 Å². The summed E-state index contributed by atoms with van der Waals surface area (Å²) in [5.74, 6) is 0. The highest BCUT2D eigenvalue weighted by atomic mass is 32.2. The first kappa shape index (κ1) is 14.9. The summed E-state index contributed by atoms with van der Waals surface area (Å²) < 4.78 is 26.0. The summed E-state index contributed by atoms with van der Waals surface area (Å²) in [4.78, 5) is 5.20. The van der Waals surface area contributed by atoms with Gasteiger partial charge in [-0.3, -0.25) is 4.84 Å². The first-order valence-electron chi connectivity index (χ1n) is 5.78. The second-order valence-corrected chi connectivity index (χ2v) is 5.91. The lowest BCUT2D eigenvalue weighted by Gasteiger charge is -2.21. The summed E-state index contributed by atoms with van der Waals surface area (Å²) in [5, 5.41) is 0. The van der Waals surface area contributed by atoms with Gasteiger partial charge in [-0.05, 0) is 37.5 Å². The lowest BCUT2D eigenvalue weighted by Crippen LogP contribution is -2.32. The minimum absolute atomic E-state index is 0.234. The smallest absolute Gasteiger partial charge is 0.265 e. The van der Waals surface area contributed by atoms with Crippen molar-refractivity contribution in [3.8, 4) is 0 Å². The zero-order valence-electron chi connectivity index (χ0n) is 11.2. The molecule has 18 heavy (non-hydrogen) atoms. The molecular formula is C12H20N2O3S. The van der Waals surface area contributed by atoms with Gasteiger partial charge in [0.15, 0.2) is 0 Å². The molecular weight excluding hydrogens is 252 g/mol. The predicted molar refractivity (Wildman–Crippen MR) is 71.5 cm³/mol. The zero-order chi connectivity index (χ0) is 13.9. The quantitative estimate of drug-likeness (QED) is 0.656. The topological polar surface area (TPSA) is 72.6 Å². The fourth-order valence-electron chi connectivity index (χ4n) is 1.83. The van der Waals surface area contributed by atoms with Crippen molar-refractivity contribution in [2.75, 3.05) is 19.4 Å². The molecule has 102 valence electrons. The summed E-state index contributed by atoms with van der Waals surface area (Å²) in [6.07, 6.45) is 0.674. The Balaban J connectivity index is 3.40. The van der Waals surface area contributed by atoms with Crippen LogP contribution in [0.1, 0.15) is 24.5 Å². The number of anilines is 1.